The predicted molar refractivity (Wildman–Crippen MR) is 74.4 cm³/mol. The number of rotatable bonds is 10. The Kier molecular flexibility index (Phi) is 16.7. The van der Waals surface area contributed by atoms with E-state index in [1.165, 1.54) is 0 Å². The topological polar surface area (TPSA) is 80.9 Å². The van der Waals surface area contributed by atoms with E-state index in [1.54, 1.807) is 0 Å². The molecule has 4 nitrogen and oxygen atoms in total. The number of aliphatic hydroxyl groups excluding tert-OH is 4. The van der Waals surface area contributed by atoms with Crippen molar-refractivity contribution in [1.29, 1.82) is 0 Å². The average Bonchev–Trinajstić information content (AvgIpc) is 2.39. The zero-order valence-electron chi connectivity index (χ0n) is 12.1. The molecule has 0 unspecified atom stereocenters. The molecule has 0 aliphatic rings. The maximum absolute atomic E-state index is 8.76. The van der Waals surface area contributed by atoms with Gasteiger partial charge in [-0.2, -0.15) is 0 Å². The van der Waals surface area contributed by atoms with Crippen molar-refractivity contribution in [3.8, 4) is 0 Å². The standard InChI is InChI=1S/2C7H16O2/c1-3-4-7(2,5-8)6-9;8-6-4-2-1-3-5-7-9/h8-9H,3-6H2,1-2H3;8-9H,1-7H2. The number of hydrogen-bond donors (Lipinski definition) is 4. The van der Waals surface area contributed by atoms with Gasteiger partial charge in [-0.1, -0.05) is 39.5 Å². The van der Waals surface area contributed by atoms with Crippen LogP contribution < -0.4 is 0 Å². The first-order valence-electron chi connectivity index (χ1n) is 7.03. The average molecular weight is 264 g/mol. The van der Waals surface area contributed by atoms with E-state index in [0.29, 0.717) is 13.2 Å². The van der Waals surface area contributed by atoms with Gasteiger partial charge in [-0.3, -0.25) is 0 Å². The van der Waals surface area contributed by atoms with Crippen LogP contribution in [0.15, 0.2) is 0 Å². The molecular weight excluding hydrogens is 232 g/mol. The first-order chi connectivity index (χ1) is 8.60. The van der Waals surface area contributed by atoms with Crippen molar-refractivity contribution in [3.05, 3.63) is 0 Å². The predicted octanol–water partition coefficient (Wildman–Crippen LogP) is 1.70. The van der Waals surface area contributed by atoms with Crippen molar-refractivity contribution in [2.24, 2.45) is 5.41 Å². The van der Waals surface area contributed by atoms with Crippen LogP contribution in [0.25, 0.3) is 0 Å². The molecule has 112 valence electrons. The van der Waals surface area contributed by atoms with Crippen LogP contribution in [0.5, 0.6) is 0 Å². The molecule has 0 atom stereocenters. The van der Waals surface area contributed by atoms with Gasteiger partial charge in [-0.15, -0.1) is 0 Å². The largest absolute Gasteiger partial charge is 0.396 e. The molecule has 0 fully saturated rings. The molecule has 0 aromatic rings. The molecule has 0 amide bonds. The monoisotopic (exact) mass is 264 g/mol. The molecule has 0 heterocycles. The number of hydrogen-bond acceptors (Lipinski definition) is 4. The molecule has 0 rings (SSSR count). The van der Waals surface area contributed by atoms with Crippen LogP contribution in [0.1, 0.15) is 58.8 Å². The molecule has 0 aromatic carbocycles. The highest BCUT2D eigenvalue weighted by atomic mass is 16.3. The highest BCUT2D eigenvalue weighted by Gasteiger charge is 2.20. The third-order valence-electron chi connectivity index (χ3n) is 2.93. The maximum Gasteiger partial charge on any atom is 0.0506 e. The summed E-state index contributed by atoms with van der Waals surface area (Å²) in [6.45, 7) is 4.70. The summed E-state index contributed by atoms with van der Waals surface area (Å²) in [4.78, 5) is 0. The molecule has 0 bridgehead atoms. The van der Waals surface area contributed by atoms with Crippen molar-refractivity contribution < 1.29 is 20.4 Å². The molecule has 18 heavy (non-hydrogen) atoms. The fraction of sp³-hybridized carbons (Fsp3) is 1.00. The van der Waals surface area contributed by atoms with Gasteiger partial charge in [0.2, 0.25) is 0 Å². The van der Waals surface area contributed by atoms with E-state index in [-0.39, 0.29) is 18.6 Å². The van der Waals surface area contributed by atoms with Gasteiger partial charge in [-0.05, 0) is 19.3 Å². The molecule has 0 aliphatic heterocycles. The second-order valence-electron chi connectivity index (χ2n) is 5.09. The summed E-state index contributed by atoms with van der Waals surface area (Å²) < 4.78 is 0. The molecule has 0 radical (unpaired) electrons. The first kappa shape index (κ1) is 20.2. The van der Waals surface area contributed by atoms with E-state index in [4.69, 9.17) is 20.4 Å². The van der Waals surface area contributed by atoms with E-state index in [2.05, 4.69) is 0 Å². The Bertz CT molecular complexity index is 141. The minimum Gasteiger partial charge on any atom is -0.396 e. The lowest BCUT2D eigenvalue weighted by Gasteiger charge is -2.23. The van der Waals surface area contributed by atoms with Crippen LogP contribution in [0.3, 0.4) is 0 Å². The number of aliphatic hydroxyl groups is 4. The maximum atomic E-state index is 8.76. The Labute approximate surface area is 112 Å². The van der Waals surface area contributed by atoms with Crippen molar-refractivity contribution in [3.63, 3.8) is 0 Å². The summed E-state index contributed by atoms with van der Waals surface area (Å²) in [5.74, 6) is 0. The zero-order valence-corrected chi connectivity index (χ0v) is 12.1. The van der Waals surface area contributed by atoms with Crippen molar-refractivity contribution in [2.75, 3.05) is 26.4 Å². The van der Waals surface area contributed by atoms with Crippen LogP contribution in [0, 0.1) is 5.41 Å². The molecule has 0 aliphatic carbocycles. The van der Waals surface area contributed by atoms with Gasteiger partial charge in [0.25, 0.3) is 0 Å². The van der Waals surface area contributed by atoms with E-state index < -0.39 is 0 Å². The normalized spacial score (nSPS) is 11.0. The summed E-state index contributed by atoms with van der Waals surface area (Å²) in [6, 6.07) is 0. The van der Waals surface area contributed by atoms with Gasteiger partial charge in [0.05, 0.1) is 13.2 Å². The Morgan fingerprint density at radius 1 is 0.722 bits per heavy atom. The highest BCUT2D eigenvalue weighted by Crippen LogP contribution is 2.20. The van der Waals surface area contributed by atoms with E-state index in [9.17, 15) is 0 Å². The van der Waals surface area contributed by atoms with Crippen LogP contribution in [-0.4, -0.2) is 46.9 Å². The van der Waals surface area contributed by atoms with Gasteiger partial charge in [0, 0.05) is 18.6 Å². The van der Waals surface area contributed by atoms with Crippen molar-refractivity contribution in [2.45, 2.75) is 58.8 Å². The summed E-state index contributed by atoms with van der Waals surface area (Å²) in [5, 5.41) is 34.3. The highest BCUT2D eigenvalue weighted by molar-refractivity contribution is 4.70. The molecule has 4 heteroatoms. The van der Waals surface area contributed by atoms with Gasteiger partial charge in [0.15, 0.2) is 0 Å². The van der Waals surface area contributed by atoms with Crippen LogP contribution in [0.2, 0.25) is 0 Å². The smallest absolute Gasteiger partial charge is 0.0506 e. The Morgan fingerprint density at radius 3 is 1.33 bits per heavy atom. The minimum absolute atomic E-state index is 0.0807. The third kappa shape index (κ3) is 13.9. The van der Waals surface area contributed by atoms with Crippen molar-refractivity contribution >= 4 is 0 Å². The van der Waals surface area contributed by atoms with E-state index in [0.717, 1.165) is 44.9 Å². The SMILES string of the molecule is CCCC(C)(CO)CO.OCCCCCCCO. The lowest BCUT2D eigenvalue weighted by atomic mass is 9.88. The molecule has 0 aromatic heterocycles. The number of unbranched alkanes of at least 4 members (excludes halogenated alkanes) is 4. The first-order valence-corrected chi connectivity index (χ1v) is 7.03. The van der Waals surface area contributed by atoms with E-state index >= 15 is 0 Å². The molecule has 0 spiro atoms. The second-order valence-corrected chi connectivity index (χ2v) is 5.09. The minimum atomic E-state index is -0.255. The van der Waals surface area contributed by atoms with Crippen LogP contribution in [-0.2, 0) is 0 Å². The summed E-state index contributed by atoms with van der Waals surface area (Å²) in [6.07, 6.45) is 7.04. The lowest BCUT2D eigenvalue weighted by Crippen LogP contribution is -2.25. The van der Waals surface area contributed by atoms with Gasteiger partial charge >= 0.3 is 0 Å². The second kappa shape index (κ2) is 14.9. The Morgan fingerprint density at radius 2 is 1.11 bits per heavy atom. The summed E-state index contributed by atoms with van der Waals surface area (Å²) in [7, 11) is 0. The lowest BCUT2D eigenvalue weighted by molar-refractivity contribution is 0.0622. The zero-order chi connectivity index (χ0) is 14.3. The third-order valence-corrected chi connectivity index (χ3v) is 2.93. The molecule has 4 N–H and O–H groups in total. The quantitative estimate of drug-likeness (QED) is 0.453. The van der Waals surface area contributed by atoms with Crippen molar-refractivity contribution in [1.82, 2.24) is 0 Å². The Balaban J connectivity index is 0. The van der Waals surface area contributed by atoms with Crippen LogP contribution in [0.4, 0.5) is 0 Å². The summed E-state index contributed by atoms with van der Waals surface area (Å²) >= 11 is 0. The summed E-state index contributed by atoms with van der Waals surface area (Å²) in [5.41, 5.74) is -0.255. The molecular formula is C14H32O4. The fourth-order valence-electron chi connectivity index (χ4n) is 1.57. The molecule has 0 saturated heterocycles. The van der Waals surface area contributed by atoms with Gasteiger partial charge in [-0.25, -0.2) is 0 Å². The van der Waals surface area contributed by atoms with E-state index in [1.807, 2.05) is 13.8 Å². The van der Waals surface area contributed by atoms with Gasteiger partial charge < -0.3 is 20.4 Å². The molecule has 0 saturated carbocycles. The van der Waals surface area contributed by atoms with Gasteiger partial charge in [0.1, 0.15) is 0 Å². The van der Waals surface area contributed by atoms with Crippen LogP contribution >= 0.6 is 0 Å². The Hall–Kier alpha value is -0.160. The fourth-order valence-corrected chi connectivity index (χ4v) is 1.57.